The van der Waals surface area contributed by atoms with Crippen molar-refractivity contribution < 1.29 is 28.9 Å². The Bertz CT molecular complexity index is 967. The number of aromatic hydroxyl groups is 1. The van der Waals surface area contributed by atoms with E-state index in [0.717, 1.165) is 11.1 Å². The first-order valence-corrected chi connectivity index (χ1v) is 8.51. The minimum atomic E-state index is -0.749. The van der Waals surface area contributed by atoms with Crippen LogP contribution < -0.4 is 14.2 Å². The molecule has 7 nitrogen and oxygen atoms in total. The van der Waals surface area contributed by atoms with Crippen molar-refractivity contribution in [1.82, 2.24) is 4.90 Å². The third-order valence-electron chi connectivity index (χ3n) is 5.20. The molecule has 1 N–H and O–H groups in total. The van der Waals surface area contributed by atoms with Crippen molar-refractivity contribution in [2.75, 3.05) is 27.9 Å². The van der Waals surface area contributed by atoms with Gasteiger partial charge < -0.3 is 24.2 Å². The molecule has 1 atom stereocenters. The van der Waals surface area contributed by atoms with Crippen LogP contribution in [-0.2, 0) is 6.42 Å². The number of methoxy groups -OCH3 is 3. The number of rotatable bonds is 3. The fraction of sp³-hybridized carbons (Fsp3) is 0.300. The number of hydrogen-bond donors (Lipinski definition) is 1. The number of nitrogens with zero attached hydrogens (tertiary/aromatic N) is 1. The zero-order chi connectivity index (χ0) is 19.3. The van der Waals surface area contributed by atoms with E-state index in [1.165, 1.54) is 26.4 Å². The predicted molar refractivity (Wildman–Crippen MR) is 96.0 cm³/mol. The van der Waals surface area contributed by atoms with Crippen LogP contribution in [0.3, 0.4) is 0 Å². The summed E-state index contributed by atoms with van der Waals surface area (Å²) in [6.45, 7) is 0.417. The molecule has 4 rings (SSSR count). The highest BCUT2D eigenvalue weighted by Gasteiger charge is 2.43. The van der Waals surface area contributed by atoms with Gasteiger partial charge in [0.1, 0.15) is 6.04 Å². The number of amides is 1. The first-order chi connectivity index (χ1) is 13.0. The Morgan fingerprint density at radius 3 is 2.26 bits per heavy atom. The second-order valence-corrected chi connectivity index (χ2v) is 6.49. The zero-order valence-electron chi connectivity index (χ0n) is 15.2. The third-order valence-corrected chi connectivity index (χ3v) is 5.20. The zero-order valence-corrected chi connectivity index (χ0v) is 15.2. The van der Waals surface area contributed by atoms with E-state index in [1.807, 2.05) is 6.07 Å². The number of phenols is 1. The van der Waals surface area contributed by atoms with E-state index >= 15 is 0 Å². The van der Waals surface area contributed by atoms with Crippen molar-refractivity contribution in [1.29, 1.82) is 0 Å². The lowest BCUT2D eigenvalue weighted by molar-refractivity contribution is 0.0557. The highest BCUT2D eigenvalue weighted by molar-refractivity contribution is 6.16. The summed E-state index contributed by atoms with van der Waals surface area (Å²) in [5.41, 5.74) is 2.10. The molecule has 0 aliphatic carbocycles. The maximum absolute atomic E-state index is 13.2. The quantitative estimate of drug-likeness (QED) is 0.894. The topological polar surface area (TPSA) is 85.3 Å². The largest absolute Gasteiger partial charge is 0.504 e. The van der Waals surface area contributed by atoms with Gasteiger partial charge in [-0.15, -0.1) is 0 Å². The average molecular weight is 369 g/mol. The Balaban J connectivity index is 1.89. The minimum Gasteiger partial charge on any atom is -0.504 e. The fourth-order valence-electron chi connectivity index (χ4n) is 3.86. The van der Waals surface area contributed by atoms with Crippen LogP contribution in [0, 0.1) is 0 Å². The van der Waals surface area contributed by atoms with Crippen molar-refractivity contribution in [3.05, 3.63) is 46.5 Å². The molecule has 0 saturated carbocycles. The summed E-state index contributed by atoms with van der Waals surface area (Å²) in [6.07, 6.45) is 0.607. The Labute approximate surface area is 156 Å². The SMILES string of the molecule is COc1cc2c(cc1O)C(=O)C1c3cc(OC)c(OC)cc3CCN1C2=O. The Morgan fingerprint density at radius 1 is 0.926 bits per heavy atom. The van der Waals surface area contributed by atoms with Gasteiger partial charge in [-0.1, -0.05) is 0 Å². The molecule has 2 heterocycles. The van der Waals surface area contributed by atoms with Crippen molar-refractivity contribution >= 4 is 11.7 Å². The van der Waals surface area contributed by atoms with E-state index in [2.05, 4.69) is 0 Å². The smallest absolute Gasteiger partial charge is 0.255 e. The van der Waals surface area contributed by atoms with Gasteiger partial charge in [0.15, 0.2) is 28.8 Å². The molecule has 0 fully saturated rings. The van der Waals surface area contributed by atoms with E-state index in [4.69, 9.17) is 14.2 Å². The Hall–Kier alpha value is -3.22. The summed E-state index contributed by atoms with van der Waals surface area (Å²) >= 11 is 0. The van der Waals surface area contributed by atoms with E-state index in [0.29, 0.717) is 24.5 Å². The molecule has 0 radical (unpaired) electrons. The van der Waals surface area contributed by atoms with Crippen molar-refractivity contribution in [2.45, 2.75) is 12.5 Å². The standard InChI is InChI=1S/C20H19NO6/c1-25-15-9-13-12(7-14(15)22)19(23)18-11-8-17(27-3)16(26-2)6-10(11)4-5-21(18)20(13)24/h6-9,18,22H,4-5H2,1-3H3. The van der Waals surface area contributed by atoms with Crippen LogP contribution in [0.25, 0.3) is 0 Å². The molecule has 2 aromatic carbocycles. The number of fused-ring (bicyclic) bond motifs is 4. The summed E-state index contributed by atoms with van der Waals surface area (Å²) < 4.78 is 15.8. The van der Waals surface area contributed by atoms with Gasteiger partial charge in [0.05, 0.1) is 26.9 Å². The molecule has 0 saturated heterocycles. The molecular weight excluding hydrogens is 350 g/mol. The van der Waals surface area contributed by atoms with Crippen LogP contribution in [0.5, 0.6) is 23.0 Å². The highest BCUT2D eigenvalue weighted by Crippen LogP contribution is 2.44. The van der Waals surface area contributed by atoms with Crippen LogP contribution in [0.1, 0.15) is 37.9 Å². The van der Waals surface area contributed by atoms with Gasteiger partial charge >= 0.3 is 0 Å². The summed E-state index contributed by atoms with van der Waals surface area (Å²) in [5, 5.41) is 10.1. The van der Waals surface area contributed by atoms with Gasteiger partial charge in [-0.2, -0.15) is 0 Å². The molecule has 0 spiro atoms. The number of carbonyl (C=O) groups is 2. The van der Waals surface area contributed by atoms with Gasteiger partial charge in [-0.25, -0.2) is 0 Å². The van der Waals surface area contributed by atoms with Gasteiger partial charge in [0.2, 0.25) is 0 Å². The first kappa shape index (κ1) is 17.2. The number of Topliss-reactive ketones (excluding diaryl/α,β-unsaturated/α-hetero) is 1. The van der Waals surface area contributed by atoms with Crippen LogP contribution in [0.4, 0.5) is 0 Å². The second kappa shape index (κ2) is 6.19. The molecule has 0 bridgehead atoms. The number of phenolic OH excluding ortho intramolecular Hbond substituents is 1. The molecule has 1 unspecified atom stereocenters. The predicted octanol–water partition coefficient (Wildman–Crippen LogP) is 2.35. The van der Waals surface area contributed by atoms with E-state index in [-0.39, 0.29) is 34.3 Å². The molecule has 2 aliphatic rings. The molecule has 140 valence electrons. The van der Waals surface area contributed by atoms with Crippen LogP contribution >= 0.6 is 0 Å². The van der Waals surface area contributed by atoms with Crippen LogP contribution in [0.15, 0.2) is 24.3 Å². The molecular formula is C20H19NO6. The van der Waals surface area contributed by atoms with Crippen molar-refractivity contribution in [3.63, 3.8) is 0 Å². The van der Waals surface area contributed by atoms with Crippen molar-refractivity contribution in [3.8, 4) is 23.0 Å². The maximum atomic E-state index is 13.2. The van der Waals surface area contributed by atoms with E-state index < -0.39 is 6.04 Å². The monoisotopic (exact) mass is 369 g/mol. The normalized spacial score (nSPS) is 17.7. The first-order valence-electron chi connectivity index (χ1n) is 8.51. The number of ether oxygens (including phenoxy) is 3. The lowest BCUT2D eigenvalue weighted by Crippen LogP contribution is -2.47. The third kappa shape index (κ3) is 2.42. The highest BCUT2D eigenvalue weighted by atomic mass is 16.5. The second-order valence-electron chi connectivity index (χ2n) is 6.49. The van der Waals surface area contributed by atoms with Crippen LogP contribution in [0.2, 0.25) is 0 Å². The summed E-state index contributed by atoms with van der Waals surface area (Å²) in [7, 11) is 4.48. The lowest BCUT2D eigenvalue weighted by atomic mass is 9.82. The number of hydrogen-bond acceptors (Lipinski definition) is 6. The molecule has 1 amide bonds. The van der Waals surface area contributed by atoms with Crippen molar-refractivity contribution in [2.24, 2.45) is 0 Å². The fourth-order valence-corrected chi connectivity index (χ4v) is 3.86. The van der Waals surface area contributed by atoms with E-state index in [1.54, 1.807) is 18.1 Å². The van der Waals surface area contributed by atoms with Crippen LogP contribution in [-0.4, -0.2) is 49.6 Å². The van der Waals surface area contributed by atoms with Gasteiger partial charge in [0.25, 0.3) is 5.91 Å². The Kier molecular flexibility index (Phi) is 3.95. The van der Waals surface area contributed by atoms with Gasteiger partial charge in [0, 0.05) is 12.1 Å². The Morgan fingerprint density at radius 2 is 1.59 bits per heavy atom. The molecule has 2 aromatic rings. The minimum absolute atomic E-state index is 0.164. The average Bonchev–Trinajstić information content (AvgIpc) is 2.69. The number of carbonyl (C=O) groups excluding carboxylic acids is 2. The lowest BCUT2D eigenvalue weighted by Gasteiger charge is -2.40. The number of ketones is 1. The molecule has 27 heavy (non-hydrogen) atoms. The summed E-state index contributed by atoms with van der Waals surface area (Å²) in [5.74, 6) is 0.583. The number of benzene rings is 2. The van der Waals surface area contributed by atoms with Gasteiger partial charge in [-0.05, 0) is 41.8 Å². The van der Waals surface area contributed by atoms with Gasteiger partial charge in [-0.3, -0.25) is 9.59 Å². The van der Waals surface area contributed by atoms with E-state index in [9.17, 15) is 14.7 Å². The summed E-state index contributed by atoms with van der Waals surface area (Å²) in [6, 6.07) is 5.59. The molecule has 0 aromatic heterocycles. The molecule has 2 aliphatic heterocycles. The summed E-state index contributed by atoms with van der Waals surface area (Å²) in [4.78, 5) is 27.9. The molecule has 7 heteroatoms. The maximum Gasteiger partial charge on any atom is 0.255 e.